The van der Waals surface area contributed by atoms with Gasteiger partial charge in [0.2, 0.25) is 0 Å². The highest BCUT2D eigenvalue weighted by Crippen LogP contribution is 2.21. The van der Waals surface area contributed by atoms with Crippen molar-refractivity contribution in [3.05, 3.63) is 29.6 Å². The summed E-state index contributed by atoms with van der Waals surface area (Å²) in [4.78, 5) is 0. The van der Waals surface area contributed by atoms with Gasteiger partial charge in [-0.15, -0.1) is 0 Å². The highest BCUT2D eigenvalue weighted by Gasteiger charge is 2.12. The molecule has 0 bridgehead atoms. The number of hydrogen-bond donors (Lipinski definition) is 1. The quantitative estimate of drug-likeness (QED) is 0.832. The van der Waals surface area contributed by atoms with Crippen molar-refractivity contribution < 1.29 is 9.13 Å². The number of nitrogens with one attached hydrogen (secondary N) is 1. The third-order valence-electron chi connectivity index (χ3n) is 2.66. The summed E-state index contributed by atoms with van der Waals surface area (Å²) in [7, 11) is 1.91. The van der Waals surface area contributed by atoms with Gasteiger partial charge in [0.25, 0.3) is 0 Å². The third kappa shape index (κ3) is 3.49. The fourth-order valence-electron chi connectivity index (χ4n) is 1.59. The molecule has 0 aliphatic heterocycles. The van der Waals surface area contributed by atoms with Crippen molar-refractivity contribution in [1.29, 1.82) is 0 Å². The Kier molecular flexibility index (Phi) is 4.74. The van der Waals surface area contributed by atoms with Crippen LogP contribution >= 0.6 is 0 Å². The molecule has 1 aromatic rings. The Morgan fingerprint density at radius 3 is 2.69 bits per heavy atom. The van der Waals surface area contributed by atoms with E-state index in [1.807, 2.05) is 20.0 Å². The summed E-state index contributed by atoms with van der Waals surface area (Å²) in [6.07, 6.45) is 0.850. The molecule has 0 heterocycles. The Morgan fingerprint density at radius 1 is 1.38 bits per heavy atom. The molecular weight excluding hydrogens is 205 g/mol. The lowest BCUT2D eigenvalue weighted by Crippen LogP contribution is -2.28. The minimum atomic E-state index is -0.258. The fourth-order valence-corrected chi connectivity index (χ4v) is 1.59. The molecule has 2 atom stereocenters. The van der Waals surface area contributed by atoms with Crippen molar-refractivity contribution in [2.24, 2.45) is 0 Å². The lowest BCUT2D eigenvalue weighted by Gasteiger charge is -2.19. The van der Waals surface area contributed by atoms with E-state index in [1.54, 1.807) is 19.1 Å². The number of hydrogen-bond acceptors (Lipinski definition) is 2. The van der Waals surface area contributed by atoms with Crippen molar-refractivity contribution in [2.45, 2.75) is 39.3 Å². The molecular formula is C13H20FNO. The average Bonchev–Trinajstić information content (AvgIpc) is 2.24. The van der Waals surface area contributed by atoms with Crippen LogP contribution in [-0.2, 0) is 0 Å². The molecule has 0 aliphatic carbocycles. The van der Waals surface area contributed by atoms with Crippen LogP contribution in [0, 0.1) is 12.7 Å². The number of rotatable bonds is 5. The standard InChI is InChI=1S/C13H20FNO/c1-9-6-5-7-12(13(9)14)16-11(3)8-10(2)15-4/h5-7,10-11,15H,8H2,1-4H3. The third-order valence-corrected chi connectivity index (χ3v) is 2.66. The number of halogens is 1. The van der Waals surface area contributed by atoms with E-state index in [2.05, 4.69) is 12.2 Å². The van der Waals surface area contributed by atoms with Gasteiger partial charge in [-0.25, -0.2) is 4.39 Å². The molecule has 1 N–H and O–H groups in total. The molecule has 0 saturated carbocycles. The van der Waals surface area contributed by atoms with E-state index in [9.17, 15) is 4.39 Å². The van der Waals surface area contributed by atoms with Gasteiger partial charge in [0.15, 0.2) is 11.6 Å². The van der Waals surface area contributed by atoms with Crippen LogP contribution in [0.2, 0.25) is 0 Å². The summed E-state index contributed by atoms with van der Waals surface area (Å²) in [5.41, 5.74) is 0.617. The van der Waals surface area contributed by atoms with E-state index in [-0.39, 0.29) is 11.9 Å². The van der Waals surface area contributed by atoms with Gasteiger partial charge in [0.05, 0.1) is 6.10 Å². The predicted octanol–water partition coefficient (Wildman–Crippen LogP) is 2.90. The van der Waals surface area contributed by atoms with E-state index in [1.165, 1.54) is 0 Å². The lowest BCUT2D eigenvalue weighted by molar-refractivity contribution is 0.189. The van der Waals surface area contributed by atoms with Crippen LogP contribution < -0.4 is 10.1 Å². The summed E-state index contributed by atoms with van der Waals surface area (Å²) in [6.45, 7) is 5.77. The van der Waals surface area contributed by atoms with Crippen molar-refractivity contribution in [1.82, 2.24) is 5.32 Å². The first kappa shape index (κ1) is 13.0. The maximum absolute atomic E-state index is 13.6. The van der Waals surface area contributed by atoms with Crippen LogP contribution in [0.1, 0.15) is 25.8 Å². The van der Waals surface area contributed by atoms with Crippen LogP contribution in [0.4, 0.5) is 4.39 Å². The molecule has 0 radical (unpaired) electrons. The number of benzene rings is 1. The largest absolute Gasteiger partial charge is 0.488 e. The van der Waals surface area contributed by atoms with E-state index in [4.69, 9.17) is 4.74 Å². The first-order chi connectivity index (χ1) is 7.54. The first-order valence-corrected chi connectivity index (χ1v) is 5.63. The molecule has 1 rings (SSSR count). The summed E-state index contributed by atoms with van der Waals surface area (Å²) < 4.78 is 19.2. The Labute approximate surface area is 96.8 Å². The summed E-state index contributed by atoms with van der Waals surface area (Å²) in [5, 5.41) is 3.13. The van der Waals surface area contributed by atoms with Crippen molar-refractivity contribution in [2.75, 3.05) is 7.05 Å². The normalized spacial score (nSPS) is 14.6. The van der Waals surface area contributed by atoms with E-state index in [0.29, 0.717) is 17.4 Å². The SMILES string of the molecule is CNC(C)CC(C)Oc1cccc(C)c1F. The Morgan fingerprint density at radius 2 is 2.06 bits per heavy atom. The molecule has 1 aromatic carbocycles. The molecule has 0 fully saturated rings. The van der Waals surface area contributed by atoms with Crippen molar-refractivity contribution in [3.8, 4) is 5.75 Å². The van der Waals surface area contributed by atoms with Gasteiger partial charge in [-0.1, -0.05) is 12.1 Å². The highest BCUT2D eigenvalue weighted by atomic mass is 19.1. The molecule has 0 amide bonds. The van der Waals surface area contributed by atoms with Gasteiger partial charge < -0.3 is 10.1 Å². The molecule has 16 heavy (non-hydrogen) atoms. The van der Waals surface area contributed by atoms with Crippen LogP contribution in [0.5, 0.6) is 5.75 Å². The zero-order valence-corrected chi connectivity index (χ0v) is 10.4. The molecule has 0 saturated heterocycles. The summed E-state index contributed by atoms with van der Waals surface area (Å²) in [6, 6.07) is 5.58. The zero-order chi connectivity index (χ0) is 12.1. The molecule has 3 heteroatoms. The lowest BCUT2D eigenvalue weighted by atomic mass is 10.1. The summed E-state index contributed by atoms with van der Waals surface area (Å²) in [5.74, 6) is 0.0854. The second-order valence-corrected chi connectivity index (χ2v) is 4.24. The van der Waals surface area contributed by atoms with Crippen LogP contribution in [0.3, 0.4) is 0 Å². The van der Waals surface area contributed by atoms with Crippen molar-refractivity contribution in [3.63, 3.8) is 0 Å². The average molecular weight is 225 g/mol. The monoisotopic (exact) mass is 225 g/mol. The number of ether oxygens (including phenoxy) is 1. The van der Waals surface area contributed by atoms with Gasteiger partial charge in [-0.2, -0.15) is 0 Å². The topological polar surface area (TPSA) is 21.3 Å². The Bertz CT molecular complexity index is 341. The smallest absolute Gasteiger partial charge is 0.167 e. The van der Waals surface area contributed by atoms with Crippen LogP contribution in [0.25, 0.3) is 0 Å². The van der Waals surface area contributed by atoms with Gasteiger partial charge in [0, 0.05) is 6.04 Å². The minimum Gasteiger partial charge on any atom is -0.488 e. The first-order valence-electron chi connectivity index (χ1n) is 5.63. The van der Waals surface area contributed by atoms with Crippen molar-refractivity contribution >= 4 is 0 Å². The molecule has 90 valence electrons. The highest BCUT2D eigenvalue weighted by molar-refractivity contribution is 5.30. The van der Waals surface area contributed by atoms with E-state index in [0.717, 1.165) is 6.42 Å². The second-order valence-electron chi connectivity index (χ2n) is 4.24. The number of aryl methyl sites for hydroxylation is 1. The maximum Gasteiger partial charge on any atom is 0.167 e. The Balaban J connectivity index is 2.62. The van der Waals surface area contributed by atoms with Gasteiger partial charge in [0.1, 0.15) is 0 Å². The molecule has 0 aliphatic rings. The predicted molar refractivity (Wildman–Crippen MR) is 64.4 cm³/mol. The van der Waals surface area contributed by atoms with E-state index < -0.39 is 0 Å². The van der Waals surface area contributed by atoms with Crippen LogP contribution in [-0.4, -0.2) is 19.2 Å². The van der Waals surface area contributed by atoms with Crippen LogP contribution in [0.15, 0.2) is 18.2 Å². The van der Waals surface area contributed by atoms with Gasteiger partial charge in [-0.05, 0) is 45.9 Å². The fraction of sp³-hybridized carbons (Fsp3) is 0.538. The summed E-state index contributed by atoms with van der Waals surface area (Å²) >= 11 is 0. The molecule has 0 aromatic heterocycles. The van der Waals surface area contributed by atoms with E-state index >= 15 is 0 Å². The minimum absolute atomic E-state index is 0.00116. The maximum atomic E-state index is 13.6. The van der Waals surface area contributed by atoms with Gasteiger partial charge in [-0.3, -0.25) is 0 Å². The second kappa shape index (κ2) is 5.85. The van der Waals surface area contributed by atoms with Gasteiger partial charge >= 0.3 is 0 Å². The zero-order valence-electron chi connectivity index (χ0n) is 10.4. The Hall–Kier alpha value is -1.09. The molecule has 0 spiro atoms. The molecule has 2 nitrogen and oxygen atoms in total. The molecule has 2 unspecified atom stereocenters.